The third-order valence-electron chi connectivity index (χ3n) is 3.38. The van der Waals surface area contributed by atoms with E-state index in [-0.39, 0.29) is 5.97 Å². The molecule has 0 saturated carbocycles. The molecule has 0 aliphatic heterocycles. The summed E-state index contributed by atoms with van der Waals surface area (Å²) in [5, 5.41) is 0. The fourth-order valence-corrected chi connectivity index (χ4v) is 2.83. The van der Waals surface area contributed by atoms with Crippen molar-refractivity contribution in [3.63, 3.8) is 0 Å². The Kier molecular flexibility index (Phi) is 3.51. The summed E-state index contributed by atoms with van der Waals surface area (Å²) in [6.45, 7) is 0. The largest absolute Gasteiger partial charge is 0.465 e. The highest BCUT2D eigenvalue weighted by Crippen LogP contribution is 2.27. The zero-order valence-electron chi connectivity index (χ0n) is 11.6. The summed E-state index contributed by atoms with van der Waals surface area (Å²) in [6, 6.07) is 13.4. The van der Waals surface area contributed by atoms with E-state index in [1.165, 1.54) is 7.11 Å². The fraction of sp³-hybridized carbons (Fsp3) is 0.125. The highest BCUT2D eigenvalue weighted by molar-refractivity contribution is 9.10. The van der Waals surface area contributed by atoms with Crippen LogP contribution in [0.5, 0.6) is 0 Å². The first kappa shape index (κ1) is 13.8. The van der Waals surface area contributed by atoms with E-state index in [4.69, 9.17) is 4.74 Å². The van der Waals surface area contributed by atoms with Gasteiger partial charge in [0.05, 0.1) is 23.7 Å². The predicted octanol–water partition coefficient (Wildman–Crippen LogP) is 3.79. The number of aryl methyl sites for hydroxylation is 1. The third-order valence-corrected chi connectivity index (χ3v) is 3.88. The lowest BCUT2D eigenvalue weighted by atomic mass is 10.2. The van der Waals surface area contributed by atoms with E-state index in [1.54, 1.807) is 6.07 Å². The Morgan fingerprint density at radius 2 is 2.00 bits per heavy atom. The molecule has 0 amide bonds. The average Bonchev–Trinajstić information content (AvgIpc) is 2.84. The number of ether oxygens (including phenoxy) is 1. The van der Waals surface area contributed by atoms with Gasteiger partial charge in [-0.2, -0.15) is 0 Å². The molecule has 3 aromatic rings. The molecule has 0 aliphatic carbocycles. The number of methoxy groups -OCH3 is 1. The van der Waals surface area contributed by atoms with E-state index >= 15 is 0 Å². The molecule has 1 aromatic heterocycles. The molecule has 1 heterocycles. The minimum absolute atomic E-state index is 0.357. The molecule has 0 radical (unpaired) electrons. The number of imidazole rings is 1. The van der Waals surface area contributed by atoms with Gasteiger partial charge in [-0.1, -0.05) is 34.1 Å². The predicted molar refractivity (Wildman–Crippen MR) is 85.2 cm³/mol. The maximum absolute atomic E-state index is 11.9. The first-order valence-electron chi connectivity index (χ1n) is 6.41. The van der Waals surface area contributed by atoms with Crippen LogP contribution in [0.15, 0.2) is 46.9 Å². The number of hydrogen-bond donors (Lipinski definition) is 0. The lowest BCUT2D eigenvalue weighted by molar-refractivity contribution is 0.0602. The van der Waals surface area contributed by atoms with Crippen LogP contribution in [0, 0.1) is 0 Å². The van der Waals surface area contributed by atoms with E-state index < -0.39 is 0 Å². The van der Waals surface area contributed by atoms with Gasteiger partial charge in [0.1, 0.15) is 5.82 Å². The summed E-state index contributed by atoms with van der Waals surface area (Å²) in [5.41, 5.74) is 3.06. The molecule has 2 aromatic carbocycles. The van der Waals surface area contributed by atoms with Crippen molar-refractivity contribution >= 4 is 32.9 Å². The van der Waals surface area contributed by atoms with Crippen molar-refractivity contribution in [2.24, 2.45) is 7.05 Å². The minimum Gasteiger partial charge on any atom is -0.465 e. The maximum atomic E-state index is 11.9. The van der Waals surface area contributed by atoms with E-state index in [1.807, 2.05) is 48.0 Å². The maximum Gasteiger partial charge on any atom is 0.340 e. The molecule has 4 nitrogen and oxygen atoms in total. The number of halogens is 1. The lowest BCUT2D eigenvalue weighted by Crippen LogP contribution is -2.04. The molecular formula is C16H13BrN2O2. The van der Waals surface area contributed by atoms with Gasteiger partial charge in [0.15, 0.2) is 0 Å². The van der Waals surface area contributed by atoms with Gasteiger partial charge in [-0.15, -0.1) is 0 Å². The Hall–Kier alpha value is -2.14. The number of esters is 1. The molecule has 0 bridgehead atoms. The van der Waals surface area contributed by atoms with Crippen LogP contribution in [0.25, 0.3) is 22.4 Å². The van der Waals surface area contributed by atoms with Crippen LogP contribution in [-0.4, -0.2) is 22.6 Å². The van der Waals surface area contributed by atoms with Gasteiger partial charge < -0.3 is 9.30 Å². The Balaban J connectivity index is 2.28. The molecule has 0 saturated heterocycles. The zero-order chi connectivity index (χ0) is 15.0. The van der Waals surface area contributed by atoms with Gasteiger partial charge in [-0.25, -0.2) is 9.78 Å². The fourth-order valence-electron chi connectivity index (χ4n) is 2.43. The quantitative estimate of drug-likeness (QED) is 0.664. The zero-order valence-corrected chi connectivity index (χ0v) is 13.2. The molecule has 5 heteroatoms. The molecule has 0 fully saturated rings. The van der Waals surface area contributed by atoms with Gasteiger partial charge >= 0.3 is 5.97 Å². The monoisotopic (exact) mass is 344 g/mol. The molecule has 3 rings (SSSR count). The van der Waals surface area contributed by atoms with Crippen molar-refractivity contribution in [2.75, 3.05) is 7.11 Å². The number of carbonyl (C=O) groups excluding carboxylic acids is 1. The van der Waals surface area contributed by atoms with E-state index in [0.29, 0.717) is 5.56 Å². The standard InChI is InChI=1S/C16H13BrN2O2/c1-19-14-12(16(20)21-2)7-4-8-13(14)18-15(19)10-5-3-6-11(17)9-10/h3-9H,1-2H3. The van der Waals surface area contributed by atoms with Crippen molar-refractivity contribution in [1.29, 1.82) is 0 Å². The van der Waals surface area contributed by atoms with Gasteiger partial charge in [0, 0.05) is 17.1 Å². The molecule has 0 aliphatic rings. The van der Waals surface area contributed by atoms with Crippen LogP contribution in [-0.2, 0) is 11.8 Å². The number of nitrogens with zero attached hydrogens (tertiary/aromatic N) is 2. The number of benzene rings is 2. The van der Waals surface area contributed by atoms with Crippen molar-refractivity contribution in [3.8, 4) is 11.4 Å². The normalized spacial score (nSPS) is 10.8. The van der Waals surface area contributed by atoms with Gasteiger partial charge in [0.25, 0.3) is 0 Å². The van der Waals surface area contributed by atoms with Gasteiger partial charge in [0.2, 0.25) is 0 Å². The summed E-state index contributed by atoms with van der Waals surface area (Å²) < 4.78 is 7.75. The smallest absolute Gasteiger partial charge is 0.340 e. The topological polar surface area (TPSA) is 44.1 Å². The Morgan fingerprint density at radius 3 is 2.71 bits per heavy atom. The van der Waals surface area contributed by atoms with Crippen LogP contribution >= 0.6 is 15.9 Å². The van der Waals surface area contributed by atoms with Crippen molar-refractivity contribution in [2.45, 2.75) is 0 Å². The summed E-state index contributed by atoms with van der Waals surface area (Å²) in [7, 11) is 3.28. The number of rotatable bonds is 2. The van der Waals surface area contributed by atoms with Crippen LogP contribution < -0.4 is 0 Å². The second-order valence-electron chi connectivity index (χ2n) is 4.67. The number of aromatic nitrogens is 2. The van der Waals surface area contributed by atoms with Crippen LogP contribution in [0.1, 0.15) is 10.4 Å². The summed E-state index contributed by atoms with van der Waals surface area (Å²) in [5.74, 6) is 0.451. The molecule has 21 heavy (non-hydrogen) atoms. The van der Waals surface area contributed by atoms with Crippen LogP contribution in [0.3, 0.4) is 0 Å². The highest BCUT2D eigenvalue weighted by atomic mass is 79.9. The van der Waals surface area contributed by atoms with Crippen molar-refractivity contribution in [3.05, 3.63) is 52.5 Å². The highest BCUT2D eigenvalue weighted by Gasteiger charge is 2.17. The summed E-state index contributed by atoms with van der Waals surface area (Å²) in [4.78, 5) is 16.5. The number of fused-ring (bicyclic) bond motifs is 1. The second kappa shape index (κ2) is 5.33. The Bertz CT molecular complexity index is 839. The first-order chi connectivity index (χ1) is 10.1. The average molecular weight is 345 g/mol. The molecule has 0 unspecified atom stereocenters. The molecule has 0 spiro atoms. The van der Waals surface area contributed by atoms with Crippen LogP contribution in [0.2, 0.25) is 0 Å². The lowest BCUT2D eigenvalue weighted by Gasteiger charge is -2.05. The molecule has 0 atom stereocenters. The van der Waals surface area contributed by atoms with E-state index in [9.17, 15) is 4.79 Å². The van der Waals surface area contributed by atoms with Gasteiger partial charge in [-0.3, -0.25) is 0 Å². The van der Waals surface area contributed by atoms with Crippen molar-refractivity contribution in [1.82, 2.24) is 9.55 Å². The molecular weight excluding hydrogens is 332 g/mol. The minimum atomic E-state index is -0.357. The Labute approximate surface area is 130 Å². The number of hydrogen-bond acceptors (Lipinski definition) is 3. The van der Waals surface area contributed by atoms with Crippen molar-refractivity contribution < 1.29 is 9.53 Å². The summed E-state index contributed by atoms with van der Waals surface area (Å²) >= 11 is 3.47. The third kappa shape index (κ3) is 2.34. The number of carbonyl (C=O) groups is 1. The molecule has 106 valence electrons. The molecule has 0 N–H and O–H groups in total. The van der Waals surface area contributed by atoms with E-state index in [2.05, 4.69) is 20.9 Å². The Morgan fingerprint density at radius 1 is 1.24 bits per heavy atom. The first-order valence-corrected chi connectivity index (χ1v) is 7.21. The second-order valence-corrected chi connectivity index (χ2v) is 5.59. The van der Waals surface area contributed by atoms with E-state index in [0.717, 1.165) is 26.9 Å². The van der Waals surface area contributed by atoms with Gasteiger partial charge in [-0.05, 0) is 24.3 Å². The van der Waals surface area contributed by atoms with Crippen LogP contribution in [0.4, 0.5) is 0 Å². The summed E-state index contributed by atoms with van der Waals surface area (Å²) in [6.07, 6.45) is 0. The SMILES string of the molecule is COC(=O)c1cccc2nc(-c3cccc(Br)c3)n(C)c12. The number of para-hydroxylation sites is 1.